The minimum absolute atomic E-state index is 0.107. The van der Waals surface area contributed by atoms with E-state index in [2.05, 4.69) is 24.7 Å². The van der Waals surface area contributed by atoms with Gasteiger partial charge in [0, 0.05) is 22.9 Å². The van der Waals surface area contributed by atoms with Crippen molar-refractivity contribution in [3.8, 4) is 11.5 Å². The second-order valence-electron chi connectivity index (χ2n) is 6.19. The fourth-order valence-corrected chi connectivity index (χ4v) is 3.13. The second-order valence-corrected chi connectivity index (χ2v) is 6.19. The van der Waals surface area contributed by atoms with Crippen LogP contribution in [0, 0.1) is 5.92 Å². The molecule has 138 valence electrons. The first-order chi connectivity index (χ1) is 11.8. The number of hydrogen-bond donors (Lipinski definition) is 0. The molecule has 6 heteroatoms. The van der Waals surface area contributed by atoms with E-state index in [0.29, 0.717) is 11.7 Å². The molecular formula is C19H24F3NO2. The van der Waals surface area contributed by atoms with E-state index in [1.807, 2.05) is 6.92 Å². The van der Waals surface area contributed by atoms with Crippen molar-refractivity contribution >= 4 is 11.3 Å². The summed E-state index contributed by atoms with van der Waals surface area (Å²) in [6.45, 7) is 6.26. The van der Waals surface area contributed by atoms with Crippen molar-refractivity contribution in [1.82, 2.24) is 0 Å². The Bertz CT molecular complexity index is 661. The van der Waals surface area contributed by atoms with Gasteiger partial charge >= 0.3 is 6.36 Å². The van der Waals surface area contributed by atoms with Crippen molar-refractivity contribution in [2.45, 2.75) is 52.4 Å². The van der Waals surface area contributed by atoms with E-state index in [1.54, 1.807) is 6.07 Å². The average molecular weight is 355 g/mol. The van der Waals surface area contributed by atoms with Crippen LogP contribution in [0.15, 0.2) is 29.3 Å². The van der Waals surface area contributed by atoms with E-state index >= 15 is 0 Å². The summed E-state index contributed by atoms with van der Waals surface area (Å²) in [5, 5.41) is 0. The Balaban J connectivity index is 2.27. The van der Waals surface area contributed by atoms with Crippen molar-refractivity contribution in [2.75, 3.05) is 7.11 Å². The van der Waals surface area contributed by atoms with E-state index in [-0.39, 0.29) is 11.8 Å². The molecule has 0 amide bonds. The highest BCUT2D eigenvalue weighted by atomic mass is 19.4. The Morgan fingerprint density at radius 2 is 1.88 bits per heavy atom. The van der Waals surface area contributed by atoms with Gasteiger partial charge in [0.15, 0.2) is 0 Å². The van der Waals surface area contributed by atoms with Gasteiger partial charge < -0.3 is 9.47 Å². The van der Waals surface area contributed by atoms with Gasteiger partial charge in [0.2, 0.25) is 0 Å². The molecule has 25 heavy (non-hydrogen) atoms. The van der Waals surface area contributed by atoms with Gasteiger partial charge in [-0.2, -0.15) is 0 Å². The zero-order valence-electron chi connectivity index (χ0n) is 15.0. The highest BCUT2D eigenvalue weighted by Crippen LogP contribution is 2.36. The third-order valence-corrected chi connectivity index (χ3v) is 4.53. The second kappa shape index (κ2) is 7.93. The first-order valence-electron chi connectivity index (χ1n) is 8.48. The van der Waals surface area contributed by atoms with Gasteiger partial charge in [0.25, 0.3) is 0 Å². The summed E-state index contributed by atoms with van der Waals surface area (Å²) in [6, 6.07) is 4.25. The molecule has 0 radical (unpaired) electrons. The molecule has 1 unspecified atom stereocenters. The average Bonchev–Trinajstić information content (AvgIpc) is 2.91. The molecule has 1 aliphatic heterocycles. The Kier molecular flexibility index (Phi) is 6.14. The van der Waals surface area contributed by atoms with Crippen molar-refractivity contribution in [2.24, 2.45) is 10.9 Å². The summed E-state index contributed by atoms with van der Waals surface area (Å²) in [7, 11) is 1.43. The lowest BCUT2D eigenvalue weighted by Crippen LogP contribution is -2.17. The molecule has 1 atom stereocenters. The molecule has 1 aromatic rings. The van der Waals surface area contributed by atoms with E-state index in [4.69, 9.17) is 9.73 Å². The van der Waals surface area contributed by atoms with Crippen molar-refractivity contribution in [3.05, 3.63) is 29.8 Å². The smallest absolute Gasteiger partial charge is 0.496 e. The first-order valence-corrected chi connectivity index (χ1v) is 8.48. The minimum Gasteiger partial charge on any atom is -0.496 e. The molecule has 0 bridgehead atoms. The first kappa shape index (κ1) is 19.3. The van der Waals surface area contributed by atoms with Crippen molar-refractivity contribution < 1.29 is 22.6 Å². The summed E-state index contributed by atoms with van der Waals surface area (Å²) in [6.07, 6.45) is 0.549. The Hall–Kier alpha value is -1.98. The molecule has 3 nitrogen and oxygen atoms in total. The van der Waals surface area contributed by atoms with Gasteiger partial charge in [0.05, 0.1) is 13.2 Å². The maximum absolute atomic E-state index is 12.4. The lowest BCUT2D eigenvalue weighted by Gasteiger charge is -2.14. The fraction of sp³-hybridized carbons (Fsp3) is 0.526. The zero-order chi connectivity index (χ0) is 18.6. The third-order valence-electron chi connectivity index (χ3n) is 4.53. The molecule has 0 spiro atoms. The van der Waals surface area contributed by atoms with Crippen LogP contribution < -0.4 is 9.47 Å². The van der Waals surface area contributed by atoms with Crippen LogP contribution >= 0.6 is 0 Å². The number of halogens is 3. The maximum Gasteiger partial charge on any atom is 0.573 e. The van der Waals surface area contributed by atoms with Crippen LogP contribution in [0.5, 0.6) is 11.5 Å². The Labute approximate surface area is 146 Å². The van der Waals surface area contributed by atoms with Crippen LogP contribution in [0.4, 0.5) is 13.2 Å². The number of ether oxygens (including phenoxy) is 2. The standard InChI is InChI=1S/C19H24F3NO2/c1-5-13(6-2)9-14-10-17(12(3)23-14)16-8-7-15(11-18(16)24-4)25-19(20,21)22/h7-8,10-11,13-14H,5-6,9H2,1-4H3. The molecular weight excluding hydrogens is 331 g/mol. The summed E-state index contributed by atoms with van der Waals surface area (Å²) in [5.41, 5.74) is 2.51. The normalized spacial score (nSPS) is 17.5. The van der Waals surface area contributed by atoms with Gasteiger partial charge in [-0.15, -0.1) is 13.2 Å². The summed E-state index contributed by atoms with van der Waals surface area (Å²) in [4.78, 5) is 4.70. The Morgan fingerprint density at radius 1 is 1.20 bits per heavy atom. The molecule has 2 rings (SSSR count). The zero-order valence-corrected chi connectivity index (χ0v) is 15.0. The van der Waals surface area contributed by atoms with Gasteiger partial charge in [0.1, 0.15) is 11.5 Å². The molecule has 0 saturated carbocycles. The number of rotatable bonds is 7. The topological polar surface area (TPSA) is 30.8 Å². The highest BCUT2D eigenvalue weighted by Gasteiger charge is 2.31. The molecule has 0 N–H and O–H groups in total. The van der Waals surface area contributed by atoms with Gasteiger partial charge in [-0.05, 0) is 31.4 Å². The number of nitrogens with zero attached hydrogens (tertiary/aromatic N) is 1. The van der Waals surface area contributed by atoms with E-state index < -0.39 is 6.36 Å². The SMILES string of the molecule is CCC(CC)CC1C=C(c2ccc(OC(F)(F)F)cc2OC)C(C)=N1. The molecule has 0 saturated heterocycles. The molecule has 0 aliphatic carbocycles. The van der Waals surface area contributed by atoms with Crippen LogP contribution in [-0.2, 0) is 0 Å². The molecule has 1 aliphatic rings. The van der Waals surface area contributed by atoms with Crippen LogP contribution in [0.25, 0.3) is 5.57 Å². The fourth-order valence-electron chi connectivity index (χ4n) is 3.13. The lowest BCUT2D eigenvalue weighted by atomic mass is 9.94. The molecule has 0 aromatic heterocycles. The number of alkyl halides is 3. The summed E-state index contributed by atoms with van der Waals surface area (Å²) in [5.74, 6) is 0.655. The predicted molar refractivity (Wildman–Crippen MR) is 93.2 cm³/mol. The number of hydrogen-bond acceptors (Lipinski definition) is 3. The quantitative estimate of drug-likeness (QED) is 0.633. The van der Waals surface area contributed by atoms with E-state index in [0.717, 1.165) is 36.1 Å². The Morgan fingerprint density at radius 3 is 2.44 bits per heavy atom. The monoisotopic (exact) mass is 355 g/mol. The van der Waals surface area contributed by atoms with Gasteiger partial charge in [-0.1, -0.05) is 32.8 Å². The van der Waals surface area contributed by atoms with Crippen molar-refractivity contribution in [3.63, 3.8) is 0 Å². The number of aliphatic imine (C=N–C) groups is 1. The largest absolute Gasteiger partial charge is 0.573 e. The van der Waals surface area contributed by atoms with Crippen LogP contribution in [-0.4, -0.2) is 25.2 Å². The summed E-state index contributed by atoms with van der Waals surface area (Å²) >= 11 is 0. The van der Waals surface area contributed by atoms with Gasteiger partial charge in [-0.25, -0.2) is 0 Å². The molecule has 0 fully saturated rings. The van der Waals surface area contributed by atoms with Crippen LogP contribution in [0.2, 0.25) is 0 Å². The van der Waals surface area contributed by atoms with Gasteiger partial charge in [-0.3, -0.25) is 4.99 Å². The number of allylic oxidation sites excluding steroid dienone is 1. The lowest BCUT2D eigenvalue weighted by molar-refractivity contribution is -0.274. The van der Waals surface area contributed by atoms with Crippen LogP contribution in [0.3, 0.4) is 0 Å². The molecule has 1 heterocycles. The minimum atomic E-state index is -4.73. The number of methoxy groups -OCH3 is 1. The predicted octanol–water partition coefficient (Wildman–Crippen LogP) is 5.65. The highest BCUT2D eigenvalue weighted by molar-refractivity contribution is 6.25. The van der Waals surface area contributed by atoms with Crippen LogP contribution in [0.1, 0.15) is 45.6 Å². The number of benzene rings is 1. The van der Waals surface area contributed by atoms with Crippen molar-refractivity contribution in [1.29, 1.82) is 0 Å². The summed E-state index contributed by atoms with van der Waals surface area (Å²) < 4.78 is 46.4. The third kappa shape index (κ3) is 5.00. The maximum atomic E-state index is 12.4. The molecule has 1 aromatic carbocycles. The van der Waals surface area contributed by atoms with E-state index in [9.17, 15) is 13.2 Å². The van der Waals surface area contributed by atoms with E-state index in [1.165, 1.54) is 19.2 Å².